The van der Waals surface area contributed by atoms with Crippen LogP contribution in [0, 0.1) is 11.8 Å². The summed E-state index contributed by atoms with van der Waals surface area (Å²) < 4.78 is 55.2. The van der Waals surface area contributed by atoms with Gasteiger partial charge in [0.2, 0.25) is 0 Å². The first-order valence-electron chi connectivity index (χ1n) is 25.9. The van der Waals surface area contributed by atoms with Crippen molar-refractivity contribution in [3.05, 3.63) is 162 Å². The number of alkyl carbamates (subject to hydrolysis) is 3. The van der Waals surface area contributed by atoms with Gasteiger partial charge in [-0.1, -0.05) is 141 Å². The third kappa shape index (κ3) is 15.6. The number of nitrogens with one attached hydrogen (secondary N) is 3. The van der Waals surface area contributed by atoms with E-state index in [0.717, 1.165) is 22.3 Å². The molecule has 4 aromatic rings. The monoisotopic (exact) mass is 1050 g/mol. The Morgan fingerprint density at radius 2 is 1.11 bits per heavy atom. The molecular formula is C57H69N3O16. The minimum Gasteiger partial charge on any atom is -0.508 e. The third-order valence-corrected chi connectivity index (χ3v) is 13.8. The Morgan fingerprint density at radius 1 is 0.592 bits per heavy atom. The summed E-state index contributed by atoms with van der Waals surface area (Å²) in [6, 6.07) is 32.6. The van der Waals surface area contributed by atoms with E-state index < -0.39 is 98.6 Å². The molecule has 7 N–H and O–H groups in total. The number of aliphatic hydroxyl groups is 3. The summed E-state index contributed by atoms with van der Waals surface area (Å²) >= 11 is 0. The molecule has 76 heavy (non-hydrogen) atoms. The van der Waals surface area contributed by atoms with E-state index in [-0.39, 0.29) is 50.1 Å². The van der Waals surface area contributed by atoms with Gasteiger partial charge in [-0.2, -0.15) is 0 Å². The molecule has 1 aliphatic carbocycles. The number of ether oxygens (including phenoxy) is 9. The number of phenolic OH excluding ortho intramolecular Hbond substituents is 1. The van der Waals surface area contributed by atoms with E-state index in [1.54, 1.807) is 36.4 Å². The van der Waals surface area contributed by atoms with Crippen molar-refractivity contribution >= 4 is 18.3 Å². The predicted molar refractivity (Wildman–Crippen MR) is 274 cm³/mol. The van der Waals surface area contributed by atoms with Gasteiger partial charge >= 0.3 is 18.3 Å². The van der Waals surface area contributed by atoms with Crippen molar-refractivity contribution in [2.24, 2.45) is 11.8 Å². The van der Waals surface area contributed by atoms with Crippen LogP contribution in [0.25, 0.3) is 0 Å². The molecule has 4 aliphatic rings. The lowest BCUT2D eigenvalue weighted by Crippen LogP contribution is -2.58. The second-order valence-corrected chi connectivity index (χ2v) is 19.4. The minimum atomic E-state index is -1.62. The Morgan fingerprint density at radius 3 is 1.66 bits per heavy atom. The molecule has 408 valence electrons. The van der Waals surface area contributed by atoms with Crippen molar-refractivity contribution in [3.63, 3.8) is 0 Å². The second-order valence-electron chi connectivity index (χ2n) is 19.4. The normalized spacial score (nSPS) is 30.0. The number of amides is 3. The first-order valence-corrected chi connectivity index (χ1v) is 25.9. The fourth-order valence-corrected chi connectivity index (χ4v) is 9.70. The molecule has 19 heteroatoms. The van der Waals surface area contributed by atoms with Crippen LogP contribution in [0.5, 0.6) is 5.75 Å². The Labute approximate surface area is 442 Å². The summed E-state index contributed by atoms with van der Waals surface area (Å²) in [6.07, 6.45) is -5.83. The number of aromatic hydroxyl groups is 1. The standard InChI is InChI=1S/C57H69N3O16/c1-3-42-24-26-44(59-56(66)69-33-38-16-9-5-10-17-38)52(71-42)74-49-35(2)28-40(23-22-36-20-13-21-41(62)29-36)47(63)51(49)76-54-48(64)50(46(31-61)73-54)75-53-45(60-57(67)70-34-39-18-11-6-12-19-39)27-25-43(72-53)30-58-55(65)68-32-37-14-7-4-8-15-37/h4-21,24-27,29,35,40,42-54,61-64H,3,22-23,28,30-34H2,1-2H3,(H,58,65)(H,59,66)(H,60,67)/t35-,40+,42+,43+,44+,45+,46+,47-,48+,49+,50+,51+,52+,53+,54-/m0/s1. The maximum atomic E-state index is 13.2. The summed E-state index contributed by atoms with van der Waals surface area (Å²) in [5.74, 6) is -0.549. The summed E-state index contributed by atoms with van der Waals surface area (Å²) in [7, 11) is 0. The maximum Gasteiger partial charge on any atom is 0.408 e. The van der Waals surface area contributed by atoms with Gasteiger partial charge < -0.3 is 79.0 Å². The molecule has 1 saturated carbocycles. The van der Waals surface area contributed by atoms with E-state index in [1.165, 1.54) is 0 Å². The van der Waals surface area contributed by atoms with Crippen molar-refractivity contribution in [3.8, 4) is 5.75 Å². The summed E-state index contributed by atoms with van der Waals surface area (Å²) in [5, 5.41) is 53.7. The Hall–Kier alpha value is -6.39. The van der Waals surface area contributed by atoms with Gasteiger partial charge in [-0.25, -0.2) is 14.4 Å². The van der Waals surface area contributed by atoms with E-state index in [1.807, 2.05) is 117 Å². The fourth-order valence-electron chi connectivity index (χ4n) is 9.70. The van der Waals surface area contributed by atoms with Crippen molar-refractivity contribution in [1.29, 1.82) is 0 Å². The van der Waals surface area contributed by atoms with E-state index in [4.69, 9.17) is 42.6 Å². The van der Waals surface area contributed by atoms with Gasteiger partial charge in [-0.3, -0.25) is 0 Å². The molecule has 2 fully saturated rings. The fraction of sp³-hybridized carbons (Fsp3) is 0.456. The number of carbonyl (C=O) groups is 3. The molecule has 0 spiro atoms. The maximum absolute atomic E-state index is 13.2. The number of rotatable bonds is 21. The Balaban J connectivity index is 0.987. The van der Waals surface area contributed by atoms with E-state index in [9.17, 15) is 34.8 Å². The van der Waals surface area contributed by atoms with Crippen LogP contribution in [-0.2, 0) is 68.9 Å². The van der Waals surface area contributed by atoms with Crippen LogP contribution in [0.1, 0.15) is 55.4 Å². The first kappa shape index (κ1) is 55.8. The van der Waals surface area contributed by atoms with E-state index in [0.29, 0.717) is 25.7 Å². The Bertz CT molecular complexity index is 2510. The molecule has 3 heterocycles. The highest BCUT2D eigenvalue weighted by Crippen LogP contribution is 2.40. The minimum absolute atomic E-state index is 0.0256. The zero-order valence-electron chi connectivity index (χ0n) is 42.5. The largest absolute Gasteiger partial charge is 0.508 e. The van der Waals surface area contributed by atoms with Crippen molar-refractivity contribution < 1.29 is 77.4 Å². The Kier molecular flexibility index (Phi) is 20.3. The predicted octanol–water partition coefficient (Wildman–Crippen LogP) is 6.06. The number of hydrogen-bond donors (Lipinski definition) is 7. The highest BCUT2D eigenvalue weighted by Gasteiger charge is 2.53. The molecule has 3 aliphatic heterocycles. The molecular weight excluding hydrogens is 983 g/mol. The molecule has 3 amide bonds. The van der Waals surface area contributed by atoms with Gasteiger partial charge in [0.1, 0.15) is 62.1 Å². The molecule has 8 rings (SSSR count). The van der Waals surface area contributed by atoms with Crippen molar-refractivity contribution in [2.45, 2.75) is 139 Å². The molecule has 19 nitrogen and oxygen atoms in total. The van der Waals surface area contributed by atoms with Gasteiger partial charge in [0.25, 0.3) is 0 Å². The summed E-state index contributed by atoms with van der Waals surface area (Å²) in [5.41, 5.74) is 3.23. The summed E-state index contributed by atoms with van der Waals surface area (Å²) in [4.78, 5) is 39.2. The van der Waals surface area contributed by atoms with Crippen LogP contribution in [-0.4, -0.2) is 132 Å². The van der Waals surface area contributed by atoms with Crippen molar-refractivity contribution in [1.82, 2.24) is 16.0 Å². The highest BCUT2D eigenvalue weighted by molar-refractivity contribution is 5.69. The van der Waals surface area contributed by atoms with Gasteiger partial charge in [0.05, 0.1) is 37.6 Å². The molecule has 0 unspecified atom stereocenters. The van der Waals surface area contributed by atoms with E-state index in [2.05, 4.69) is 16.0 Å². The smallest absolute Gasteiger partial charge is 0.408 e. The van der Waals surface area contributed by atoms with E-state index >= 15 is 0 Å². The third-order valence-electron chi connectivity index (χ3n) is 13.8. The van der Waals surface area contributed by atoms with Crippen molar-refractivity contribution in [2.75, 3.05) is 13.2 Å². The van der Waals surface area contributed by atoms with Crippen LogP contribution in [0.2, 0.25) is 0 Å². The lowest BCUT2D eigenvalue weighted by molar-refractivity contribution is -0.291. The number of aryl methyl sites for hydroxylation is 1. The SMILES string of the molecule is CC[C@@H]1C=C[C@@H](NC(=O)OCc2ccccc2)[C@@H](O[C@H]2[C@H](O[C@@H]3O[C@H](CO)[C@@H](O[C@H]4O[C@@H](CNC(=O)OCc5ccccc5)C=C[C@H]4NC(=O)OCc4ccccc4)[C@H]3O)[C@@H](O)[C@H](CCc3cccc(O)c3)C[C@@H]2C)O1. The molecule has 0 radical (unpaired) electrons. The van der Waals surface area contributed by atoms with Gasteiger partial charge in [0, 0.05) is 0 Å². The second kappa shape index (κ2) is 27.6. The van der Waals surface area contributed by atoms with Crippen LogP contribution >= 0.6 is 0 Å². The average molecular weight is 1050 g/mol. The quantitative estimate of drug-likeness (QED) is 0.0370. The molecule has 0 bridgehead atoms. The lowest BCUT2D eigenvalue weighted by Gasteiger charge is -2.46. The highest BCUT2D eigenvalue weighted by atomic mass is 16.8. The zero-order chi connectivity index (χ0) is 53.4. The number of carbonyl (C=O) groups excluding carboxylic acids is 3. The first-order chi connectivity index (χ1) is 36.9. The number of phenols is 1. The molecule has 1 saturated heterocycles. The average Bonchev–Trinajstić information content (AvgIpc) is 3.76. The van der Waals surface area contributed by atoms with Crippen LogP contribution in [0.4, 0.5) is 14.4 Å². The molecule has 15 atom stereocenters. The lowest BCUT2D eigenvalue weighted by atomic mass is 9.74. The molecule has 0 aromatic heterocycles. The van der Waals surface area contributed by atoms with Crippen LogP contribution < -0.4 is 16.0 Å². The van der Waals surface area contributed by atoms with Gasteiger partial charge in [0.15, 0.2) is 18.9 Å². The zero-order valence-corrected chi connectivity index (χ0v) is 42.5. The van der Waals surface area contributed by atoms with Crippen LogP contribution in [0.15, 0.2) is 140 Å². The van der Waals surface area contributed by atoms with Crippen LogP contribution in [0.3, 0.4) is 0 Å². The topological polar surface area (TPSA) is 251 Å². The number of aliphatic hydroxyl groups excluding tert-OH is 3. The summed E-state index contributed by atoms with van der Waals surface area (Å²) in [6.45, 7) is 3.24. The number of hydrogen-bond acceptors (Lipinski definition) is 16. The molecule has 4 aromatic carbocycles. The van der Waals surface area contributed by atoms with Gasteiger partial charge in [-0.05, 0) is 71.9 Å². The number of benzene rings is 4. The van der Waals surface area contributed by atoms with Gasteiger partial charge in [-0.15, -0.1) is 0 Å².